The van der Waals surface area contributed by atoms with Gasteiger partial charge in [-0.2, -0.15) is 0 Å². The Morgan fingerprint density at radius 3 is 2.68 bits per heavy atom. The van der Waals surface area contributed by atoms with Gasteiger partial charge in [0.25, 0.3) is 0 Å². The number of hydrogen-bond acceptors (Lipinski definition) is 3. The number of hydrogen-bond donors (Lipinski definition) is 1. The van der Waals surface area contributed by atoms with Crippen molar-refractivity contribution < 1.29 is 9.47 Å². The van der Waals surface area contributed by atoms with Gasteiger partial charge >= 0.3 is 0 Å². The van der Waals surface area contributed by atoms with Crippen molar-refractivity contribution in [2.45, 2.75) is 32.2 Å². The maximum atomic E-state index is 5.98. The highest BCUT2D eigenvalue weighted by atomic mass is 79.9. The van der Waals surface area contributed by atoms with Crippen LogP contribution < -0.4 is 14.8 Å². The van der Waals surface area contributed by atoms with Gasteiger partial charge in [-0.1, -0.05) is 12.8 Å². The van der Waals surface area contributed by atoms with Crippen LogP contribution >= 0.6 is 15.9 Å². The largest absolute Gasteiger partial charge is 0.493 e. The van der Waals surface area contributed by atoms with E-state index in [0.717, 1.165) is 29.1 Å². The Hall–Kier alpha value is -0.740. The van der Waals surface area contributed by atoms with Gasteiger partial charge in [-0.05, 0) is 59.4 Å². The lowest BCUT2D eigenvalue weighted by molar-refractivity contribution is 0.239. The monoisotopic (exact) mass is 327 g/mol. The molecule has 1 fully saturated rings. The summed E-state index contributed by atoms with van der Waals surface area (Å²) in [6.07, 6.45) is 5.26. The molecule has 0 saturated heterocycles. The van der Waals surface area contributed by atoms with Crippen molar-refractivity contribution in [3.8, 4) is 11.5 Å². The second-order valence-corrected chi connectivity index (χ2v) is 5.96. The fourth-order valence-electron chi connectivity index (χ4n) is 2.60. The summed E-state index contributed by atoms with van der Waals surface area (Å²) in [7, 11) is 3.62. The molecule has 0 atom stereocenters. The van der Waals surface area contributed by atoms with Gasteiger partial charge in [0.1, 0.15) is 0 Å². The van der Waals surface area contributed by atoms with Crippen molar-refractivity contribution in [1.29, 1.82) is 0 Å². The quantitative estimate of drug-likeness (QED) is 0.863. The third-order valence-electron chi connectivity index (χ3n) is 3.61. The number of halogens is 1. The molecule has 1 N–H and O–H groups in total. The van der Waals surface area contributed by atoms with Crippen molar-refractivity contribution in [2.75, 3.05) is 20.8 Å². The van der Waals surface area contributed by atoms with Gasteiger partial charge in [-0.3, -0.25) is 0 Å². The summed E-state index contributed by atoms with van der Waals surface area (Å²) in [5, 5.41) is 3.14. The van der Waals surface area contributed by atoms with Crippen LogP contribution in [0.25, 0.3) is 0 Å². The van der Waals surface area contributed by atoms with Crippen LogP contribution in [-0.4, -0.2) is 20.8 Å². The molecule has 0 amide bonds. The molecule has 0 aliphatic heterocycles. The van der Waals surface area contributed by atoms with E-state index in [-0.39, 0.29) is 0 Å². The highest BCUT2D eigenvalue weighted by Gasteiger charge is 2.18. The second kappa shape index (κ2) is 7.15. The standard InChI is InChI=1S/C15H22BrNO2/c1-17-9-12-7-13(16)15(14(8-12)18-2)19-10-11-5-3-4-6-11/h7-8,11,17H,3-6,9-10H2,1-2H3. The average molecular weight is 328 g/mol. The van der Waals surface area contributed by atoms with E-state index >= 15 is 0 Å². The molecular weight excluding hydrogens is 306 g/mol. The Bertz CT molecular complexity index is 417. The van der Waals surface area contributed by atoms with Crippen molar-refractivity contribution in [1.82, 2.24) is 5.32 Å². The molecule has 106 valence electrons. The van der Waals surface area contributed by atoms with Gasteiger partial charge in [-0.15, -0.1) is 0 Å². The van der Waals surface area contributed by atoms with Crippen LogP contribution in [0.2, 0.25) is 0 Å². The van der Waals surface area contributed by atoms with Crippen LogP contribution in [0.3, 0.4) is 0 Å². The molecular formula is C15H22BrNO2. The maximum absolute atomic E-state index is 5.98. The van der Waals surface area contributed by atoms with E-state index in [2.05, 4.69) is 27.3 Å². The summed E-state index contributed by atoms with van der Waals surface area (Å²) < 4.78 is 12.4. The molecule has 0 heterocycles. The maximum Gasteiger partial charge on any atom is 0.175 e. The molecule has 1 aromatic carbocycles. The summed E-state index contributed by atoms with van der Waals surface area (Å²) in [5.74, 6) is 2.33. The molecule has 0 radical (unpaired) electrons. The summed E-state index contributed by atoms with van der Waals surface area (Å²) >= 11 is 3.59. The first kappa shape index (κ1) is 14.7. The van der Waals surface area contributed by atoms with E-state index in [9.17, 15) is 0 Å². The first-order valence-electron chi connectivity index (χ1n) is 6.88. The summed E-state index contributed by atoms with van der Waals surface area (Å²) in [5.41, 5.74) is 1.18. The Morgan fingerprint density at radius 1 is 1.32 bits per heavy atom. The molecule has 1 saturated carbocycles. The Kier molecular flexibility index (Phi) is 5.52. The fraction of sp³-hybridized carbons (Fsp3) is 0.600. The third-order valence-corrected chi connectivity index (χ3v) is 4.20. The molecule has 3 nitrogen and oxygen atoms in total. The molecule has 1 aliphatic carbocycles. The lowest BCUT2D eigenvalue weighted by Gasteiger charge is -2.16. The Morgan fingerprint density at radius 2 is 2.05 bits per heavy atom. The molecule has 0 unspecified atom stereocenters. The normalized spacial score (nSPS) is 15.7. The highest BCUT2D eigenvalue weighted by Crippen LogP contribution is 2.37. The SMILES string of the molecule is CNCc1cc(Br)c(OCC2CCCC2)c(OC)c1. The molecule has 1 aromatic rings. The fourth-order valence-corrected chi connectivity index (χ4v) is 3.20. The zero-order valence-corrected chi connectivity index (χ0v) is 13.3. The van der Waals surface area contributed by atoms with Crippen molar-refractivity contribution in [2.24, 2.45) is 5.92 Å². The van der Waals surface area contributed by atoms with Crippen LogP contribution in [-0.2, 0) is 6.54 Å². The third kappa shape index (κ3) is 3.86. The van der Waals surface area contributed by atoms with Crippen molar-refractivity contribution in [3.63, 3.8) is 0 Å². The van der Waals surface area contributed by atoms with E-state index in [1.54, 1.807) is 7.11 Å². The average Bonchev–Trinajstić information content (AvgIpc) is 2.90. The first-order chi connectivity index (χ1) is 9.24. The summed E-state index contributed by atoms with van der Waals surface area (Å²) in [4.78, 5) is 0. The lowest BCUT2D eigenvalue weighted by Crippen LogP contribution is -2.10. The number of methoxy groups -OCH3 is 1. The number of nitrogens with one attached hydrogen (secondary N) is 1. The van der Waals surface area contributed by atoms with Crippen LogP contribution in [0.4, 0.5) is 0 Å². The van der Waals surface area contributed by atoms with Gasteiger partial charge < -0.3 is 14.8 Å². The van der Waals surface area contributed by atoms with Gasteiger partial charge in [0.15, 0.2) is 11.5 Å². The Labute approximate surface area is 123 Å². The number of benzene rings is 1. The van der Waals surface area contributed by atoms with Crippen LogP contribution in [0.1, 0.15) is 31.2 Å². The van der Waals surface area contributed by atoms with Crippen LogP contribution in [0.5, 0.6) is 11.5 Å². The molecule has 4 heteroatoms. The second-order valence-electron chi connectivity index (χ2n) is 5.10. The molecule has 0 bridgehead atoms. The van der Waals surface area contributed by atoms with Gasteiger partial charge in [-0.25, -0.2) is 0 Å². The Balaban J connectivity index is 2.09. The zero-order chi connectivity index (χ0) is 13.7. The van der Waals surface area contributed by atoms with E-state index in [1.807, 2.05) is 13.1 Å². The number of ether oxygens (including phenoxy) is 2. The van der Waals surface area contributed by atoms with Crippen molar-refractivity contribution >= 4 is 15.9 Å². The van der Waals surface area contributed by atoms with E-state index < -0.39 is 0 Å². The molecule has 2 rings (SSSR count). The minimum Gasteiger partial charge on any atom is -0.493 e. The van der Waals surface area contributed by atoms with Gasteiger partial charge in [0.05, 0.1) is 18.2 Å². The predicted molar refractivity (Wildman–Crippen MR) is 80.9 cm³/mol. The van der Waals surface area contributed by atoms with E-state index in [4.69, 9.17) is 9.47 Å². The molecule has 0 spiro atoms. The van der Waals surface area contributed by atoms with E-state index in [0.29, 0.717) is 5.92 Å². The zero-order valence-electron chi connectivity index (χ0n) is 11.7. The highest BCUT2D eigenvalue weighted by molar-refractivity contribution is 9.10. The van der Waals surface area contributed by atoms with Crippen LogP contribution in [0, 0.1) is 5.92 Å². The predicted octanol–water partition coefficient (Wildman–Crippen LogP) is 3.75. The molecule has 1 aliphatic rings. The molecule has 19 heavy (non-hydrogen) atoms. The molecule has 0 aromatic heterocycles. The smallest absolute Gasteiger partial charge is 0.175 e. The lowest BCUT2D eigenvalue weighted by atomic mass is 10.1. The van der Waals surface area contributed by atoms with E-state index in [1.165, 1.54) is 31.2 Å². The van der Waals surface area contributed by atoms with Gasteiger partial charge in [0, 0.05) is 6.54 Å². The minimum absolute atomic E-state index is 0.702. The summed E-state index contributed by atoms with van der Waals surface area (Å²) in [6, 6.07) is 4.12. The minimum atomic E-state index is 0.702. The first-order valence-corrected chi connectivity index (χ1v) is 7.67. The summed E-state index contributed by atoms with van der Waals surface area (Å²) in [6.45, 7) is 1.61. The van der Waals surface area contributed by atoms with Gasteiger partial charge in [0.2, 0.25) is 0 Å². The van der Waals surface area contributed by atoms with Crippen molar-refractivity contribution in [3.05, 3.63) is 22.2 Å². The van der Waals surface area contributed by atoms with Crippen LogP contribution in [0.15, 0.2) is 16.6 Å². The number of rotatable bonds is 6. The topological polar surface area (TPSA) is 30.5 Å².